The molecular formula is C13H24N2O2S. The SMILES string of the molecule is CCCC(C(=O)N1CCC(C)C(OC)C1)C(N)=S. The molecule has 0 aromatic rings. The third-order valence-electron chi connectivity index (χ3n) is 3.72. The molecule has 1 fully saturated rings. The second-order valence-corrected chi connectivity index (χ2v) is 5.54. The summed E-state index contributed by atoms with van der Waals surface area (Å²) in [4.78, 5) is 14.6. The molecule has 1 aliphatic rings. The predicted molar refractivity (Wildman–Crippen MR) is 76.3 cm³/mol. The van der Waals surface area contributed by atoms with E-state index in [1.54, 1.807) is 7.11 Å². The van der Waals surface area contributed by atoms with Crippen LogP contribution in [0, 0.1) is 11.8 Å². The van der Waals surface area contributed by atoms with Gasteiger partial charge in [-0.2, -0.15) is 0 Å². The number of methoxy groups -OCH3 is 1. The van der Waals surface area contributed by atoms with Gasteiger partial charge in [0, 0.05) is 20.2 Å². The first-order valence-corrected chi connectivity index (χ1v) is 7.03. The summed E-state index contributed by atoms with van der Waals surface area (Å²) in [6.07, 6.45) is 2.74. The molecule has 104 valence electrons. The molecule has 2 N–H and O–H groups in total. The number of carbonyl (C=O) groups is 1. The lowest BCUT2D eigenvalue weighted by molar-refractivity contribution is -0.138. The van der Waals surface area contributed by atoms with E-state index in [9.17, 15) is 4.79 Å². The van der Waals surface area contributed by atoms with E-state index in [0.29, 0.717) is 17.5 Å². The Kier molecular flexibility index (Phi) is 6.02. The van der Waals surface area contributed by atoms with Crippen molar-refractivity contribution in [2.24, 2.45) is 17.6 Å². The second-order valence-electron chi connectivity index (χ2n) is 5.07. The number of piperidine rings is 1. The maximum absolute atomic E-state index is 12.4. The molecule has 1 aliphatic heterocycles. The van der Waals surface area contributed by atoms with Crippen LogP contribution in [0.15, 0.2) is 0 Å². The number of rotatable bonds is 5. The normalized spacial score (nSPS) is 25.8. The Morgan fingerprint density at radius 2 is 2.28 bits per heavy atom. The number of likely N-dealkylation sites (tertiary alicyclic amines) is 1. The van der Waals surface area contributed by atoms with Crippen LogP contribution in [0.1, 0.15) is 33.1 Å². The Labute approximate surface area is 115 Å². The molecule has 0 aromatic heterocycles. The van der Waals surface area contributed by atoms with Gasteiger partial charge in [-0.25, -0.2) is 0 Å². The van der Waals surface area contributed by atoms with Crippen molar-refractivity contribution in [1.82, 2.24) is 4.90 Å². The fraction of sp³-hybridized carbons (Fsp3) is 0.846. The van der Waals surface area contributed by atoms with Crippen LogP contribution in [0.2, 0.25) is 0 Å². The highest BCUT2D eigenvalue weighted by atomic mass is 32.1. The average molecular weight is 272 g/mol. The minimum atomic E-state index is -0.309. The van der Waals surface area contributed by atoms with E-state index < -0.39 is 0 Å². The summed E-state index contributed by atoms with van der Waals surface area (Å²) >= 11 is 5.01. The molecule has 18 heavy (non-hydrogen) atoms. The molecule has 5 heteroatoms. The third-order valence-corrected chi connectivity index (χ3v) is 4.01. The Hall–Kier alpha value is -0.680. The molecule has 3 unspecified atom stereocenters. The van der Waals surface area contributed by atoms with Crippen LogP contribution >= 0.6 is 12.2 Å². The summed E-state index contributed by atoms with van der Waals surface area (Å²) in [5, 5.41) is 0. The van der Waals surface area contributed by atoms with Crippen LogP contribution in [0.3, 0.4) is 0 Å². The zero-order valence-electron chi connectivity index (χ0n) is 11.5. The number of amides is 1. The number of nitrogens with zero attached hydrogens (tertiary/aromatic N) is 1. The Morgan fingerprint density at radius 1 is 1.61 bits per heavy atom. The molecule has 1 rings (SSSR count). The maximum atomic E-state index is 12.4. The quantitative estimate of drug-likeness (QED) is 0.772. The molecule has 1 saturated heterocycles. The van der Waals surface area contributed by atoms with Crippen molar-refractivity contribution < 1.29 is 9.53 Å². The van der Waals surface area contributed by atoms with Crippen molar-refractivity contribution in [3.63, 3.8) is 0 Å². The van der Waals surface area contributed by atoms with Crippen LogP contribution in [0.5, 0.6) is 0 Å². The highest BCUT2D eigenvalue weighted by Crippen LogP contribution is 2.22. The highest BCUT2D eigenvalue weighted by Gasteiger charge is 2.32. The monoisotopic (exact) mass is 272 g/mol. The predicted octanol–water partition coefficient (Wildman–Crippen LogP) is 1.57. The minimum absolute atomic E-state index is 0.0679. The molecule has 0 radical (unpaired) electrons. The van der Waals surface area contributed by atoms with E-state index in [4.69, 9.17) is 22.7 Å². The van der Waals surface area contributed by atoms with Gasteiger partial charge in [0.2, 0.25) is 5.91 Å². The topological polar surface area (TPSA) is 55.6 Å². The van der Waals surface area contributed by atoms with Crippen LogP contribution in [-0.2, 0) is 9.53 Å². The van der Waals surface area contributed by atoms with E-state index in [0.717, 1.165) is 25.8 Å². The standard InChI is InChI=1S/C13H24N2O2S/c1-4-5-10(12(14)18)13(16)15-7-6-9(2)11(8-15)17-3/h9-11H,4-8H2,1-3H3,(H2,14,18). The lowest BCUT2D eigenvalue weighted by atomic mass is 9.93. The summed E-state index contributed by atoms with van der Waals surface area (Å²) in [7, 11) is 1.70. The molecule has 1 amide bonds. The van der Waals surface area contributed by atoms with Gasteiger partial charge in [-0.05, 0) is 18.8 Å². The lowest BCUT2D eigenvalue weighted by Crippen LogP contribution is -2.50. The van der Waals surface area contributed by atoms with Crippen molar-refractivity contribution in [3.05, 3.63) is 0 Å². The van der Waals surface area contributed by atoms with Gasteiger partial charge in [0.15, 0.2) is 0 Å². The molecule has 0 saturated carbocycles. The summed E-state index contributed by atoms with van der Waals surface area (Å²) in [6, 6.07) is 0. The number of hydrogen-bond acceptors (Lipinski definition) is 3. The van der Waals surface area contributed by atoms with E-state index >= 15 is 0 Å². The van der Waals surface area contributed by atoms with Gasteiger partial charge in [0.1, 0.15) is 0 Å². The van der Waals surface area contributed by atoms with Crippen molar-refractivity contribution in [2.45, 2.75) is 39.2 Å². The number of nitrogens with two attached hydrogens (primary N) is 1. The Balaban J connectivity index is 2.68. The van der Waals surface area contributed by atoms with E-state index in [-0.39, 0.29) is 17.9 Å². The van der Waals surface area contributed by atoms with Gasteiger partial charge in [0.25, 0.3) is 0 Å². The van der Waals surface area contributed by atoms with E-state index in [1.807, 2.05) is 11.8 Å². The van der Waals surface area contributed by atoms with Crippen LogP contribution < -0.4 is 5.73 Å². The summed E-state index contributed by atoms with van der Waals surface area (Å²) in [5.41, 5.74) is 5.68. The number of hydrogen-bond donors (Lipinski definition) is 1. The van der Waals surface area contributed by atoms with Gasteiger partial charge >= 0.3 is 0 Å². The zero-order valence-corrected chi connectivity index (χ0v) is 12.3. The fourth-order valence-electron chi connectivity index (χ4n) is 2.44. The van der Waals surface area contributed by atoms with Crippen LogP contribution in [0.4, 0.5) is 0 Å². The van der Waals surface area contributed by atoms with Crippen LogP contribution in [-0.4, -0.2) is 42.1 Å². The molecule has 1 heterocycles. The number of thiocarbonyl (C=S) groups is 1. The average Bonchev–Trinajstić information content (AvgIpc) is 2.35. The number of carbonyl (C=O) groups excluding carboxylic acids is 1. The first-order chi connectivity index (χ1) is 8.51. The second kappa shape index (κ2) is 7.04. The van der Waals surface area contributed by atoms with Crippen LogP contribution in [0.25, 0.3) is 0 Å². The van der Waals surface area contributed by atoms with Gasteiger partial charge in [-0.1, -0.05) is 32.5 Å². The summed E-state index contributed by atoms with van der Waals surface area (Å²) in [5.74, 6) is 0.253. The van der Waals surface area contributed by atoms with Crippen molar-refractivity contribution in [2.75, 3.05) is 20.2 Å². The van der Waals surface area contributed by atoms with Crippen molar-refractivity contribution in [1.29, 1.82) is 0 Å². The molecule has 3 atom stereocenters. The first-order valence-electron chi connectivity index (χ1n) is 6.62. The summed E-state index contributed by atoms with van der Waals surface area (Å²) < 4.78 is 5.43. The largest absolute Gasteiger partial charge is 0.393 e. The smallest absolute Gasteiger partial charge is 0.232 e. The molecule has 0 spiro atoms. The maximum Gasteiger partial charge on any atom is 0.232 e. The minimum Gasteiger partial charge on any atom is -0.393 e. The van der Waals surface area contributed by atoms with Crippen molar-refractivity contribution >= 4 is 23.1 Å². The highest BCUT2D eigenvalue weighted by molar-refractivity contribution is 7.80. The molecule has 0 aliphatic carbocycles. The Morgan fingerprint density at radius 3 is 2.78 bits per heavy atom. The van der Waals surface area contributed by atoms with Gasteiger partial charge in [-0.3, -0.25) is 4.79 Å². The zero-order chi connectivity index (χ0) is 13.7. The van der Waals surface area contributed by atoms with E-state index in [2.05, 4.69) is 6.92 Å². The van der Waals surface area contributed by atoms with Crippen molar-refractivity contribution in [3.8, 4) is 0 Å². The lowest BCUT2D eigenvalue weighted by Gasteiger charge is -2.37. The molecule has 0 bridgehead atoms. The molecule has 0 aromatic carbocycles. The first kappa shape index (κ1) is 15.4. The Bertz CT molecular complexity index is 309. The van der Waals surface area contributed by atoms with Gasteiger partial charge in [0.05, 0.1) is 17.0 Å². The molecular weight excluding hydrogens is 248 g/mol. The fourth-order valence-corrected chi connectivity index (χ4v) is 2.66. The summed E-state index contributed by atoms with van der Waals surface area (Å²) in [6.45, 7) is 5.63. The van der Waals surface area contributed by atoms with Gasteiger partial charge < -0.3 is 15.4 Å². The number of ether oxygens (including phenoxy) is 1. The third kappa shape index (κ3) is 3.65. The molecule has 4 nitrogen and oxygen atoms in total. The van der Waals surface area contributed by atoms with Gasteiger partial charge in [-0.15, -0.1) is 0 Å². The van der Waals surface area contributed by atoms with E-state index in [1.165, 1.54) is 0 Å².